The van der Waals surface area contributed by atoms with E-state index in [-0.39, 0.29) is 0 Å². The average Bonchev–Trinajstić information content (AvgIpc) is 2.96. The van der Waals surface area contributed by atoms with E-state index in [1.54, 1.807) is 7.11 Å². The number of piperazine rings is 1. The third-order valence-electron chi connectivity index (χ3n) is 4.41. The summed E-state index contributed by atoms with van der Waals surface area (Å²) in [6, 6.07) is 6.60. The number of rotatable bonds is 5. The molecule has 1 aliphatic heterocycles. The third kappa shape index (κ3) is 3.03. The van der Waals surface area contributed by atoms with Gasteiger partial charge < -0.3 is 15.0 Å². The van der Waals surface area contributed by atoms with Crippen molar-refractivity contribution in [1.29, 1.82) is 0 Å². The summed E-state index contributed by atoms with van der Waals surface area (Å²) in [5.41, 5.74) is 3.73. The molecule has 1 saturated heterocycles. The first-order chi connectivity index (χ1) is 10.7. The van der Waals surface area contributed by atoms with Gasteiger partial charge in [0, 0.05) is 49.3 Å². The fourth-order valence-corrected chi connectivity index (χ4v) is 3.28. The lowest BCUT2D eigenvalue weighted by molar-refractivity contribution is 0.173. The van der Waals surface area contributed by atoms with Gasteiger partial charge in [-0.2, -0.15) is 0 Å². The zero-order chi connectivity index (χ0) is 15.5. The van der Waals surface area contributed by atoms with Crippen LogP contribution in [0.5, 0.6) is 5.75 Å². The van der Waals surface area contributed by atoms with E-state index < -0.39 is 0 Å². The van der Waals surface area contributed by atoms with Gasteiger partial charge in [-0.05, 0) is 37.1 Å². The van der Waals surface area contributed by atoms with Crippen LogP contribution in [0.3, 0.4) is 0 Å². The van der Waals surface area contributed by atoms with Crippen LogP contribution >= 0.6 is 0 Å². The van der Waals surface area contributed by atoms with Crippen molar-refractivity contribution >= 4 is 10.9 Å². The van der Waals surface area contributed by atoms with Gasteiger partial charge in [-0.25, -0.2) is 0 Å². The number of aromatic amines is 1. The minimum atomic E-state index is 0.375. The molecule has 0 bridgehead atoms. The van der Waals surface area contributed by atoms with Crippen molar-refractivity contribution in [3.05, 3.63) is 42.1 Å². The lowest BCUT2D eigenvalue weighted by Crippen LogP contribution is -2.45. The topological polar surface area (TPSA) is 40.3 Å². The van der Waals surface area contributed by atoms with Gasteiger partial charge in [0.25, 0.3) is 0 Å². The average molecular weight is 299 g/mol. The Morgan fingerprint density at radius 1 is 1.36 bits per heavy atom. The Labute approximate surface area is 132 Å². The highest BCUT2D eigenvalue weighted by atomic mass is 16.5. The maximum Gasteiger partial charge on any atom is 0.119 e. The number of H-pyrrole nitrogens is 1. The van der Waals surface area contributed by atoms with Gasteiger partial charge in [-0.3, -0.25) is 4.90 Å². The van der Waals surface area contributed by atoms with Crippen LogP contribution in [0.4, 0.5) is 0 Å². The van der Waals surface area contributed by atoms with E-state index in [4.69, 9.17) is 4.74 Å². The van der Waals surface area contributed by atoms with Crippen LogP contribution < -0.4 is 10.1 Å². The molecule has 0 spiro atoms. The van der Waals surface area contributed by atoms with Crippen molar-refractivity contribution in [2.24, 2.45) is 0 Å². The van der Waals surface area contributed by atoms with Crippen LogP contribution in [0.1, 0.15) is 24.9 Å². The smallest absolute Gasteiger partial charge is 0.119 e. The molecule has 118 valence electrons. The predicted octanol–water partition coefficient (Wildman–Crippen LogP) is 3.09. The molecule has 1 aromatic carbocycles. The van der Waals surface area contributed by atoms with Crippen molar-refractivity contribution < 1.29 is 4.74 Å². The van der Waals surface area contributed by atoms with Gasteiger partial charge in [-0.1, -0.05) is 5.57 Å². The van der Waals surface area contributed by atoms with E-state index in [0.29, 0.717) is 6.04 Å². The van der Waals surface area contributed by atoms with Crippen molar-refractivity contribution in [2.45, 2.75) is 19.4 Å². The van der Waals surface area contributed by atoms with E-state index in [0.717, 1.165) is 43.9 Å². The number of benzene rings is 1. The first-order valence-electron chi connectivity index (χ1n) is 7.93. The van der Waals surface area contributed by atoms with Crippen LogP contribution in [0, 0.1) is 0 Å². The molecule has 0 radical (unpaired) electrons. The molecule has 1 aromatic heterocycles. The highest BCUT2D eigenvalue weighted by Gasteiger charge is 2.24. The molecule has 4 heteroatoms. The van der Waals surface area contributed by atoms with E-state index in [9.17, 15) is 0 Å². The Balaban J connectivity index is 2.00. The zero-order valence-electron chi connectivity index (χ0n) is 13.5. The van der Waals surface area contributed by atoms with Gasteiger partial charge in [0.15, 0.2) is 0 Å². The summed E-state index contributed by atoms with van der Waals surface area (Å²) >= 11 is 0. The number of methoxy groups -OCH3 is 1. The SMILES string of the molecule is C=C(C)C[C@@H](c1c[nH]c2ccc(OC)cc12)N1CCNCC1. The standard InChI is InChI=1S/C18H25N3O/c1-13(2)10-18(21-8-6-19-7-9-21)16-12-20-17-5-4-14(22-3)11-15(16)17/h4-5,11-12,18-20H,1,6-10H2,2-3H3/t18-/m0/s1. The van der Waals surface area contributed by atoms with Crippen molar-refractivity contribution in [3.63, 3.8) is 0 Å². The highest BCUT2D eigenvalue weighted by Crippen LogP contribution is 2.34. The van der Waals surface area contributed by atoms with E-state index in [1.807, 2.05) is 6.07 Å². The Morgan fingerprint density at radius 2 is 2.14 bits per heavy atom. The molecule has 3 rings (SSSR count). The normalized spacial score (nSPS) is 17.5. The van der Waals surface area contributed by atoms with E-state index in [2.05, 4.69) is 47.0 Å². The fourth-order valence-electron chi connectivity index (χ4n) is 3.28. The maximum absolute atomic E-state index is 5.40. The minimum Gasteiger partial charge on any atom is -0.497 e. The minimum absolute atomic E-state index is 0.375. The van der Waals surface area contributed by atoms with Crippen LogP contribution in [0.15, 0.2) is 36.5 Å². The summed E-state index contributed by atoms with van der Waals surface area (Å²) in [5, 5.41) is 4.69. The number of nitrogens with one attached hydrogen (secondary N) is 2. The zero-order valence-corrected chi connectivity index (χ0v) is 13.5. The third-order valence-corrected chi connectivity index (χ3v) is 4.41. The first-order valence-corrected chi connectivity index (χ1v) is 7.93. The monoisotopic (exact) mass is 299 g/mol. The lowest BCUT2D eigenvalue weighted by atomic mass is 9.97. The summed E-state index contributed by atoms with van der Waals surface area (Å²) in [7, 11) is 1.72. The number of hydrogen-bond acceptors (Lipinski definition) is 3. The van der Waals surface area contributed by atoms with Crippen LogP contribution in [0.2, 0.25) is 0 Å². The molecule has 0 unspecified atom stereocenters. The summed E-state index contributed by atoms with van der Waals surface area (Å²) < 4.78 is 5.40. The molecule has 1 fully saturated rings. The Hall–Kier alpha value is -1.78. The molecule has 1 aliphatic rings. The number of hydrogen-bond donors (Lipinski definition) is 2. The quantitative estimate of drug-likeness (QED) is 0.834. The Kier molecular flexibility index (Phi) is 4.50. The molecule has 0 amide bonds. The molecule has 1 atom stereocenters. The second-order valence-corrected chi connectivity index (χ2v) is 6.12. The number of nitrogens with zero attached hydrogens (tertiary/aromatic N) is 1. The Bertz CT molecular complexity index is 655. The van der Waals surface area contributed by atoms with Gasteiger partial charge in [0.1, 0.15) is 5.75 Å². The molecule has 0 aliphatic carbocycles. The highest BCUT2D eigenvalue weighted by molar-refractivity contribution is 5.85. The summed E-state index contributed by atoms with van der Waals surface area (Å²) in [4.78, 5) is 5.97. The second-order valence-electron chi connectivity index (χ2n) is 6.12. The predicted molar refractivity (Wildman–Crippen MR) is 91.5 cm³/mol. The van der Waals surface area contributed by atoms with Gasteiger partial charge in [0.05, 0.1) is 7.11 Å². The van der Waals surface area contributed by atoms with Crippen LogP contribution in [0.25, 0.3) is 10.9 Å². The fraction of sp³-hybridized carbons (Fsp3) is 0.444. The Morgan fingerprint density at radius 3 is 2.82 bits per heavy atom. The van der Waals surface area contributed by atoms with Gasteiger partial charge >= 0.3 is 0 Å². The number of ether oxygens (including phenoxy) is 1. The number of fused-ring (bicyclic) bond motifs is 1. The lowest BCUT2D eigenvalue weighted by Gasteiger charge is -2.35. The molecule has 2 N–H and O–H groups in total. The van der Waals surface area contributed by atoms with Crippen molar-refractivity contribution in [1.82, 2.24) is 15.2 Å². The summed E-state index contributed by atoms with van der Waals surface area (Å²) in [6.07, 6.45) is 3.14. The van der Waals surface area contributed by atoms with Crippen LogP contribution in [-0.2, 0) is 0 Å². The summed E-state index contributed by atoms with van der Waals surface area (Å²) in [6.45, 7) is 10.5. The number of aromatic nitrogens is 1. The largest absolute Gasteiger partial charge is 0.497 e. The first kappa shape index (κ1) is 15.1. The molecular formula is C18H25N3O. The molecule has 2 aromatic rings. The van der Waals surface area contributed by atoms with E-state index >= 15 is 0 Å². The second kappa shape index (κ2) is 6.55. The maximum atomic E-state index is 5.40. The molecule has 4 nitrogen and oxygen atoms in total. The van der Waals surface area contributed by atoms with E-state index in [1.165, 1.54) is 16.5 Å². The van der Waals surface area contributed by atoms with Gasteiger partial charge in [-0.15, -0.1) is 6.58 Å². The molecule has 0 saturated carbocycles. The molecule has 22 heavy (non-hydrogen) atoms. The van der Waals surface area contributed by atoms with Crippen molar-refractivity contribution in [2.75, 3.05) is 33.3 Å². The van der Waals surface area contributed by atoms with Crippen molar-refractivity contribution in [3.8, 4) is 5.75 Å². The molecule has 2 heterocycles. The summed E-state index contributed by atoms with van der Waals surface area (Å²) in [5.74, 6) is 0.905. The van der Waals surface area contributed by atoms with Gasteiger partial charge in [0.2, 0.25) is 0 Å². The van der Waals surface area contributed by atoms with Crippen LogP contribution in [-0.4, -0.2) is 43.2 Å². The molecular weight excluding hydrogens is 274 g/mol.